The quantitative estimate of drug-likeness (QED) is 0.906. The van der Waals surface area contributed by atoms with Crippen LogP contribution in [0.5, 0.6) is 0 Å². The first-order chi connectivity index (χ1) is 11.2. The molecule has 1 amide bonds. The lowest BCUT2D eigenvalue weighted by atomic mass is 9.78. The van der Waals surface area contributed by atoms with Crippen LogP contribution in [0.15, 0.2) is 6.07 Å². The van der Waals surface area contributed by atoms with Gasteiger partial charge in [0.15, 0.2) is 5.69 Å². The summed E-state index contributed by atoms with van der Waals surface area (Å²) in [6, 6.07) is 2.00. The molecule has 24 heavy (non-hydrogen) atoms. The zero-order valence-corrected chi connectivity index (χ0v) is 15.9. The van der Waals surface area contributed by atoms with Crippen LogP contribution < -0.4 is 5.32 Å². The van der Waals surface area contributed by atoms with Gasteiger partial charge >= 0.3 is 0 Å². The first kappa shape index (κ1) is 17.5. The normalized spacial score (nSPS) is 21.0. The minimum absolute atomic E-state index is 0.0979. The summed E-state index contributed by atoms with van der Waals surface area (Å²) in [6.45, 7) is 14.7. The number of aromatic nitrogens is 2. The second-order valence-corrected chi connectivity index (χ2v) is 8.91. The Bertz CT molecular complexity index is 595. The Morgan fingerprint density at radius 2 is 1.92 bits per heavy atom. The van der Waals surface area contributed by atoms with E-state index in [1.807, 2.05) is 15.6 Å². The van der Waals surface area contributed by atoms with Crippen LogP contribution in [0, 0.1) is 5.41 Å². The average Bonchev–Trinajstić information content (AvgIpc) is 3.14. The Morgan fingerprint density at radius 1 is 1.25 bits per heavy atom. The summed E-state index contributed by atoms with van der Waals surface area (Å²) in [4.78, 5) is 15.0. The van der Waals surface area contributed by atoms with E-state index in [0.717, 1.165) is 44.7 Å². The Labute approximate surface area is 145 Å². The van der Waals surface area contributed by atoms with Gasteiger partial charge in [-0.15, -0.1) is 0 Å². The van der Waals surface area contributed by atoms with E-state index in [4.69, 9.17) is 0 Å². The van der Waals surface area contributed by atoms with E-state index in [1.165, 1.54) is 6.42 Å². The van der Waals surface area contributed by atoms with Gasteiger partial charge in [-0.05, 0) is 64.0 Å². The maximum absolute atomic E-state index is 13.0. The Balaban J connectivity index is 1.76. The SMILES string of the molecule is CC(C)c1cc(C(=O)N2CCC3(CCNC3)CC2)nn1C(C)(C)C. The van der Waals surface area contributed by atoms with Gasteiger partial charge in [0, 0.05) is 25.3 Å². The van der Waals surface area contributed by atoms with E-state index < -0.39 is 0 Å². The predicted molar refractivity (Wildman–Crippen MR) is 96.4 cm³/mol. The highest BCUT2D eigenvalue weighted by molar-refractivity contribution is 5.92. The van der Waals surface area contributed by atoms with Crippen molar-refractivity contribution in [2.45, 2.75) is 65.3 Å². The number of nitrogens with zero attached hydrogens (tertiary/aromatic N) is 3. The van der Waals surface area contributed by atoms with Crippen molar-refractivity contribution < 1.29 is 4.79 Å². The molecule has 2 saturated heterocycles. The van der Waals surface area contributed by atoms with E-state index in [-0.39, 0.29) is 11.4 Å². The number of carbonyl (C=O) groups excluding carboxylic acids is 1. The summed E-state index contributed by atoms with van der Waals surface area (Å²) in [7, 11) is 0. The summed E-state index contributed by atoms with van der Waals surface area (Å²) in [5.74, 6) is 0.452. The average molecular weight is 332 g/mol. The molecule has 3 rings (SSSR count). The molecule has 3 heterocycles. The molecule has 1 N–H and O–H groups in total. The van der Waals surface area contributed by atoms with Gasteiger partial charge in [0.05, 0.1) is 5.54 Å². The Hall–Kier alpha value is -1.36. The summed E-state index contributed by atoms with van der Waals surface area (Å²) >= 11 is 0. The van der Waals surface area contributed by atoms with Gasteiger partial charge in [0.25, 0.3) is 5.91 Å². The number of carbonyl (C=O) groups is 1. The van der Waals surface area contributed by atoms with Crippen molar-refractivity contribution in [3.05, 3.63) is 17.5 Å². The number of likely N-dealkylation sites (tertiary alicyclic amines) is 1. The largest absolute Gasteiger partial charge is 0.337 e. The van der Waals surface area contributed by atoms with Crippen LogP contribution in [0.3, 0.4) is 0 Å². The van der Waals surface area contributed by atoms with Crippen molar-refractivity contribution in [3.8, 4) is 0 Å². The fraction of sp³-hybridized carbons (Fsp3) is 0.789. The monoisotopic (exact) mass is 332 g/mol. The molecule has 1 aromatic rings. The molecule has 5 nitrogen and oxygen atoms in total. The lowest BCUT2D eigenvalue weighted by Crippen LogP contribution is -2.44. The van der Waals surface area contributed by atoms with Gasteiger partial charge < -0.3 is 10.2 Å². The topological polar surface area (TPSA) is 50.2 Å². The third-order valence-corrected chi connectivity index (χ3v) is 5.63. The highest BCUT2D eigenvalue weighted by atomic mass is 16.2. The van der Waals surface area contributed by atoms with Gasteiger partial charge in [-0.2, -0.15) is 5.10 Å². The smallest absolute Gasteiger partial charge is 0.274 e. The van der Waals surface area contributed by atoms with Crippen LogP contribution >= 0.6 is 0 Å². The first-order valence-electron chi connectivity index (χ1n) is 9.32. The lowest BCUT2D eigenvalue weighted by molar-refractivity contribution is 0.0600. The number of amides is 1. The van der Waals surface area contributed by atoms with E-state index in [0.29, 0.717) is 17.0 Å². The second kappa shape index (κ2) is 6.17. The molecule has 0 bridgehead atoms. The van der Waals surface area contributed by atoms with Crippen molar-refractivity contribution in [2.24, 2.45) is 5.41 Å². The molecule has 0 aliphatic carbocycles. The van der Waals surface area contributed by atoms with Crippen molar-refractivity contribution in [1.29, 1.82) is 0 Å². The first-order valence-corrected chi connectivity index (χ1v) is 9.32. The minimum atomic E-state index is -0.112. The summed E-state index contributed by atoms with van der Waals surface area (Å²) in [5.41, 5.74) is 2.07. The molecule has 0 radical (unpaired) electrons. The lowest BCUT2D eigenvalue weighted by Gasteiger charge is -2.38. The maximum atomic E-state index is 13.0. The third kappa shape index (κ3) is 3.23. The van der Waals surface area contributed by atoms with Crippen LogP contribution in [0.1, 0.15) is 76.0 Å². The molecule has 134 valence electrons. The van der Waals surface area contributed by atoms with Crippen molar-refractivity contribution in [3.63, 3.8) is 0 Å². The Morgan fingerprint density at radius 3 is 2.38 bits per heavy atom. The van der Waals surface area contributed by atoms with Gasteiger partial charge in [-0.1, -0.05) is 13.8 Å². The molecule has 2 aliphatic rings. The van der Waals surface area contributed by atoms with Crippen LogP contribution in [-0.4, -0.2) is 46.8 Å². The number of hydrogen-bond acceptors (Lipinski definition) is 3. The van der Waals surface area contributed by atoms with E-state index in [1.54, 1.807) is 0 Å². The molecule has 0 unspecified atom stereocenters. The molecule has 2 fully saturated rings. The molecule has 5 heteroatoms. The number of hydrogen-bond donors (Lipinski definition) is 1. The molecular weight excluding hydrogens is 300 g/mol. The summed E-state index contributed by atoms with van der Waals surface area (Å²) in [5, 5.41) is 8.16. The van der Waals surface area contributed by atoms with Gasteiger partial charge in [-0.25, -0.2) is 0 Å². The summed E-state index contributed by atoms with van der Waals surface area (Å²) < 4.78 is 2.03. The van der Waals surface area contributed by atoms with Crippen LogP contribution in [0.2, 0.25) is 0 Å². The van der Waals surface area contributed by atoms with Crippen LogP contribution in [0.4, 0.5) is 0 Å². The third-order valence-electron chi connectivity index (χ3n) is 5.63. The maximum Gasteiger partial charge on any atom is 0.274 e. The highest BCUT2D eigenvalue weighted by Crippen LogP contribution is 2.37. The zero-order chi connectivity index (χ0) is 17.5. The molecular formula is C19H32N4O. The fourth-order valence-corrected chi connectivity index (χ4v) is 4.02. The standard InChI is InChI=1S/C19H32N4O/c1-14(2)16-12-15(21-23(16)18(3,4)5)17(24)22-10-7-19(8-11-22)6-9-20-13-19/h12,14,20H,6-11,13H2,1-5H3. The molecule has 2 aliphatic heterocycles. The van der Waals surface area contributed by atoms with Gasteiger partial charge in [-0.3, -0.25) is 9.48 Å². The van der Waals surface area contributed by atoms with Crippen LogP contribution in [0.25, 0.3) is 0 Å². The number of nitrogens with one attached hydrogen (secondary N) is 1. The highest BCUT2D eigenvalue weighted by Gasteiger charge is 2.38. The molecule has 0 aromatic carbocycles. The Kier molecular flexibility index (Phi) is 4.49. The predicted octanol–water partition coefficient (Wildman–Crippen LogP) is 2.98. The fourth-order valence-electron chi connectivity index (χ4n) is 4.02. The van der Waals surface area contributed by atoms with E-state index in [9.17, 15) is 4.79 Å². The molecule has 0 saturated carbocycles. The molecule has 1 spiro atoms. The molecule has 1 aromatic heterocycles. The van der Waals surface area contributed by atoms with Gasteiger partial charge in [0.1, 0.15) is 0 Å². The van der Waals surface area contributed by atoms with E-state index in [2.05, 4.69) is 45.0 Å². The van der Waals surface area contributed by atoms with Crippen molar-refractivity contribution in [2.75, 3.05) is 26.2 Å². The zero-order valence-electron chi connectivity index (χ0n) is 15.9. The molecule has 0 atom stereocenters. The number of piperidine rings is 1. The van der Waals surface area contributed by atoms with E-state index >= 15 is 0 Å². The second-order valence-electron chi connectivity index (χ2n) is 8.91. The van der Waals surface area contributed by atoms with Crippen molar-refractivity contribution >= 4 is 5.91 Å². The minimum Gasteiger partial charge on any atom is -0.337 e. The van der Waals surface area contributed by atoms with Crippen molar-refractivity contribution in [1.82, 2.24) is 20.0 Å². The van der Waals surface area contributed by atoms with Crippen LogP contribution in [-0.2, 0) is 5.54 Å². The number of rotatable bonds is 2. The summed E-state index contributed by atoms with van der Waals surface area (Å²) in [6.07, 6.45) is 3.48. The van der Waals surface area contributed by atoms with Gasteiger partial charge in [0.2, 0.25) is 0 Å².